The number of Topliss-reactive ketones (excluding diaryl/α,β-unsaturated/α-hetero) is 1. The topological polar surface area (TPSA) is 124 Å². The van der Waals surface area contributed by atoms with E-state index in [1.807, 2.05) is 48.7 Å². The van der Waals surface area contributed by atoms with Crippen molar-refractivity contribution in [1.29, 1.82) is 0 Å². The average Bonchev–Trinajstić information content (AvgIpc) is 3.37. The predicted octanol–water partition coefficient (Wildman–Crippen LogP) is 3.93. The van der Waals surface area contributed by atoms with Crippen molar-refractivity contribution in [1.82, 2.24) is 29.5 Å². The first kappa shape index (κ1) is 24.7. The number of benzene rings is 1. The fraction of sp³-hybridized carbons (Fsp3) is 0.179. The third kappa shape index (κ3) is 5.70. The van der Waals surface area contributed by atoms with Crippen LogP contribution in [0.1, 0.15) is 24.6 Å². The maximum Gasteiger partial charge on any atom is 0.313 e. The minimum Gasteiger partial charge on any atom is -0.466 e. The van der Waals surface area contributed by atoms with Crippen molar-refractivity contribution in [2.24, 2.45) is 0 Å². The van der Waals surface area contributed by atoms with Gasteiger partial charge in [0, 0.05) is 48.5 Å². The van der Waals surface area contributed by atoms with E-state index in [2.05, 4.69) is 20.3 Å². The molecule has 0 amide bonds. The van der Waals surface area contributed by atoms with Crippen LogP contribution in [-0.2, 0) is 27.3 Å². The van der Waals surface area contributed by atoms with Gasteiger partial charge in [0.25, 0.3) is 0 Å². The predicted molar refractivity (Wildman–Crippen MR) is 141 cm³/mol. The molecule has 0 spiro atoms. The van der Waals surface area contributed by atoms with E-state index in [0.29, 0.717) is 29.3 Å². The van der Waals surface area contributed by atoms with Crippen LogP contribution in [0, 0.1) is 0 Å². The summed E-state index contributed by atoms with van der Waals surface area (Å²) in [6, 6.07) is 13.8. The molecule has 190 valence electrons. The molecule has 0 bridgehead atoms. The van der Waals surface area contributed by atoms with Crippen molar-refractivity contribution in [3.63, 3.8) is 0 Å². The van der Waals surface area contributed by atoms with Crippen molar-refractivity contribution >= 4 is 23.1 Å². The second kappa shape index (κ2) is 11.4. The standard InChI is InChI=1S/C28H25N7O3/c1-2-38-25(37)14-23(36)13-19-12-21(16-30-15-19)27-33-28(32-18-22-17-29-9-10-31-22)26-24(8-11-35(26)34-27)20-6-4-3-5-7-20/h3-12,15-17H,2,13-14,18H2,1H3,(H,32,33,34). The Kier molecular flexibility index (Phi) is 7.39. The summed E-state index contributed by atoms with van der Waals surface area (Å²) in [6.07, 6.45) is 9.88. The molecule has 4 heterocycles. The average molecular weight is 508 g/mol. The Morgan fingerprint density at radius 3 is 2.66 bits per heavy atom. The number of ether oxygens (including phenoxy) is 1. The minimum absolute atomic E-state index is 0.0569. The van der Waals surface area contributed by atoms with Crippen LogP contribution in [-0.4, -0.2) is 47.9 Å². The van der Waals surface area contributed by atoms with Crippen molar-refractivity contribution < 1.29 is 14.3 Å². The van der Waals surface area contributed by atoms with Crippen LogP contribution in [0.15, 0.2) is 79.6 Å². The van der Waals surface area contributed by atoms with E-state index in [1.165, 1.54) is 0 Å². The first-order valence-electron chi connectivity index (χ1n) is 12.2. The van der Waals surface area contributed by atoms with Gasteiger partial charge in [0.1, 0.15) is 17.7 Å². The summed E-state index contributed by atoms with van der Waals surface area (Å²) < 4.78 is 6.65. The Hall–Kier alpha value is -4.99. The zero-order valence-corrected chi connectivity index (χ0v) is 20.7. The van der Waals surface area contributed by atoms with Crippen LogP contribution >= 0.6 is 0 Å². The normalized spacial score (nSPS) is 10.9. The Morgan fingerprint density at radius 1 is 1.00 bits per heavy atom. The fourth-order valence-electron chi connectivity index (χ4n) is 4.09. The van der Waals surface area contributed by atoms with Crippen molar-refractivity contribution in [2.45, 2.75) is 26.3 Å². The molecule has 1 aromatic carbocycles. The zero-order chi connectivity index (χ0) is 26.3. The fourth-order valence-corrected chi connectivity index (χ4v) is 4.09. The third-order valence-electron chi connectivity index (χ3n) is 5.75. The van der Waals surface area contributed by atoms with Crippen LogP contribution in [0.4, 0.5) is 5.82 Å². The van der Waals surface area contributed by atoms with E-state index in [9.17, 15) is 9.59 Å². The first-order chi connectivity index (χ1) is 18.6. The summed E-state index contributed by atoms with van der Waals surface area (Å²) in [5.41, 5.74) is 4.91. The number of hydrogen-bond donors (Lipinski definition) is 1. The molecule has 0 aliphatic heterocycles. The van der Waals surface area contributed by atoms with E-state index >= 15 is 0 Å². The molecule has 0 aliphatic carbocycles. The highest BCUT2D eigenvalue weighted by Crippen LogP contribution is 2.31. The third-order valence-corrected chi connectivity index (χ3v) is 5.75. The van der Waals surface area contributed by atoms with Crippen LogP contribution < -0.4 is 5.32 Å². The van der Waals surface area contributed by atoms with Crippen molar-refractivity contribution in [3.05, 3.63) is 90.9 Å². The maximum atomic E-state index is 12.3. The van der Waals surface area contributed by atoms with Gasteiger partial charge >= 0.3 is 5.97 Å². The minimum atomic E-state index is -0.531. The molecular formula is C28H25N7O3. The molecule has 10 heteroatoms. The largest absolute Gasteiger partial charge is 0.466 e. The zero-order valence-electron chi connectivity index (χ0n) is 20.7. The van der Waals surface area contributed by atoms with Crippen LogP contribution in [0.25, 0.3) is 28.0 Å². The van der Waals surface area contributed by atoms with E-state index in [-0.39, 0.29) is 25.2 Å². The molecule has 0 fully saturated rings. The quantitative estimate of drug-likeness (QED) is 0.221. The SMILES string of the molecule is CCOC(=O)CC(=O)Cc1cncc(-c2nc(NCc3cnccn3)c3c(-c4ccccc4)ccn3n2)c1. The summed E-state index contributed by atoms with van der Waals surface area (Å²) in [4.78, 5) is 41.6. The van der Waals surface area contributed by atoms with Gasteiger partial charge in [-0.05, 0) is 30.2 Å². The number of carbonyl (C=O) groups is 2. The number of pyridine rings is 1. The number of aromatic nitrogens is 6. The van der Waals surface area contributed by atoms with Gasteiger partial charge in [0.2, 0.25) is 0 Å². The molecule has 10 nitrogen and oxygen atoms in total. The van der Waals surface area contributed by atoms with E-state index < -0.39 is 5.97 Å². The molecule has 5 aromatic rings. The molecule has 0 atom stereocenters. The highest BCUT2D eigenvalue weighted by Gasteiger charge is 2.17. The summed E-state index contributed by atoms with van der Waals surface area (Å²) in [6.45, 7) is 2.36. The summed E-state index contributed by atoms with van der Waals surface area (Å²) in [5.74, 6) is 0.272. The molecule has 0 unspecified atom stereocenters. The molecule has 1 N–H and O–H groups in total. The first-order valence-corrected chi connectivity index (χ1v) is 12.2. The number of nitrogens with one attached hydrogen (secondary N) is 1. The molecule has 4 aromatic heterocycles. The van der Waals surface area contributed by atoms with Crippen molar-refractivity contribution in [2.75, 3.05) is 11.9 Å². The Balaban J connectivity index is 1.49. The van der Waals surface area contributed by atoms with Gasteiger partial charge < -0.3 is 10.1 Å². The van der Waals surface area contributed by atoms with E-state index in [0.717, 1.165) is 22.3 Å². The molecule has 0 radical (unpaired) electrons. The van der Waals surface area contributed by atoms with Crippen LogP contribution in [0.2, 0.25) is 0 Å². The molecule has 0 aliphatic rings. The number of anilines is 1. The van der Waals surface area contributed by atoms with Gasteiger partial charge in [-0.25, -0.2) is 9.50 Å². The van der Waals surface area contributed by atoms with E-state index in [4.69, 9.17) is 14.8 Å². The lowest BCUT2D eigenvalue weighted by molar-refractivity contribution is -0.145. The van der Waals surface area contributed by atoms with Crippen molar-refractivity contribution in [3.8, 4) is 22.5 Å². The smallest absolute Gasteiger partial charge is 0.313 e. The highest BCUT2D eigenvalue weighted by atomic mass is 16.5. The summed E-state index contributed by atoms with van der Waals surface area (Å²) in [7, 11) is 0. The molecule has 5 rings (SSSR count). The number of fused-ring (bicyclic) bond motifs is 1. The van der Waals surface area contributed by atoms with E-state index in [1.54, 1.807) is 42.4 Å². The molecule has 38 heavy (non-hydrogen) atoms. The number of hydrogen-bond acceptors (Lipinski definition) is 9. The molecular weight excluding hydrogens is 482 g/mol. The van der Waals surface area contributed by atoms with Gasteiger partial charge in [-0.3, -0.25) is 24.5 Å². The summed E-state index contributed by atoms with van der Waals surface area (Å²) in [5, 5.41) is 8.13. The lowest BCUT2D eigenvalue weighted by atomic mass is 10.1. The Labute approximate surface area is 218 Å². The Bertz CT molecular complexity index is 1570. The highest BCUT2D eigenvalue weighted by molar-refractivity contribution is 5.96. The second-order valence-electron chi connectivity index (χ2n) is 8.50. The lowest BCUT2D eigenvalue weighted by Gasteiger charge is -2.12. The lowest BCUT2D eigenvalue weighted by Crippen LogP contribution is -2.13. The number of rotatable bonds is 10. The number of nitrogens with zero attached hydrogens (tertiary/aromatic N) is 6. The van der Waals surface area contributed by atoms with Crippen LogP contribution in [0.3, 0.4) is 0 Å². The van der Waals surface area contributed by atoms with Crippen LogP contribution in [0.5, 0.6) is 0 Å². The van der Waals surface area contributed by atoms with Gasteiger partial charge in [0.05, 0.1) is 25.0 Å². The van der Waals surface area contributed by atoms with Gasteiger partial charge in [-0.2, -0.15) is 0 Å². The Morgan fingerprint density at radius 2 is 1.87 bits per heavy atom. The monoisotopic (exact) mass is 507 g/mol. The van der Waals surface area contributed by atoms with Gasteiger partial charge in [-0.15, -0.1) is 5.10 Å². The molecule has 0 saturated carbocycles. The summed E-state index contributed by atoms with van der Waals surface area (Å²) >= 11 is 0. The maximum absolute atomic E-state index is 12.3. The van der Waals surface area contributed by atoms with Gasteiger partial charge in [0.15, 0.2) is 11.6 Å². The second-order valence-corrected chi connectivity index (χ2v) is 8.50. The number of esters is 1. The van der Waals surface area contributed by atoms with Gasteiger partial charge in [-0.1, -0.05) is 30.3 Å². The number of ketones is 1. The number of carbonyl (C=O) groups excluding carboxylic acids is 2. The molecule has 0 saturated heterocycles.